The second-order valence-corrected chi connectivity index (χ2v) is 7.35. The number of carboxylic acid groups (broad SMARTS) is 1. The van der Waals surface area contributed by atoms with Gasteiger partial charge in [0.25, 0.3) is 0 Å². The summed E-state index contributed by atoms with van der Waals surface area (Å²) < 4.78 is 60.0. The van der Waals surface area contributed by atoms with E-state index >= 15 is 0 Å². The standard InChI is InChI=1S/C20H18F2N6O.C2HF3O2/c21-14-4-5-17(16(22)9-14)28-20(23)15(11-26-28)19(29)13-3-1-2-12(8-13)10-24-18-6-7-25-27-18;3-2(4,5)1(6)7/h1-5,8-9,11,25H,6-7,10,23H2,(H,24,27);(H,6,7). The highest BCUT2D eigenvalue weighted by atomic mass is 19.4. The SMILES string of the molecule is Nc1c(C(=O)c2cccc(CN=C3CCNN3)c2)cnn1-c1ccc(F)cc1F.O=C(O)C(F)(F)F. The molecule has 0 spiro atoms. The van der Waals surface area contributed by atoms with E-state index in [1.807, 2.05) is 6.07 Å². The van der Waals surface area contributed by atoms with Crippen molar-refractivity contribution < 1.29 is 36.6 Å². The lowest BCUT2D eigenvalue weighted by Crippen LogP contribution is -2.26. The Morgan fingerprint density at radius 1 is 1.17 bits per heavy atom. The normalized spacial score (nSPS) is 14.2. The Kier molecular flexibility index (Phi) is 7.99. The van der Waals surface area contributed by atoms with Crippen LogP contribution in [0.1, 0.15) is 27.9 Å². The third-order valence-corrected chi connectivity index (χ3v) is 4.79. The molecule has 4 rings (SSSR count). The number of aliphatic imine (C=N–C) groups is 1. The maximum Gasteiger partial charge on any atom is 0.490 e. The lowest BCUT2D eigenvalue weighted by molar-refractivity contribution is -0.192. The van der Waals surface area contributed by atoms with Crippen molar-refractivity contribution in [3.63, 3.8) is 0 Å². The summed E-state index contributed by atoms with van der Waals surface area (Å²) in [6.45, 7) is 1.26. The van der Waals surface area contributed by atoms with E-state index in [9.17, 15) is 26.7 Å². The number of nitrogens with one attached hydrogen (secondary N) is 2. The lowest BCUT2D eigenvalue weighted by Gasteiger charge is -2.07. The van der Waals surface area contributed by atoms with Gasteiger partial charge in [-0.15, -0.1) is 0 Å². The maximum atomic E-state index is 14.1. The molecule has 2 aromatic carbocycles. The minimum atomic E-state index is -5.08. The zero-order valence-corrected chi connectivity index (χ0v) is 18.3. The number of halogens is 5. The van der Waals surface area contributed by atoms with Crippen LogP contribution in [-0.4, -0.2) is 45.2 Å². The Bertz CT molecular complexity index is 1300. The van der Waals surface area contributed by atoms with Crippen molar-refractivity contribution >= 4 is 23.4 Å². The van der Waals surface area contributed by atoms with E-state index in [4.69, 9.17) is 15.6 Å². The van der Waals surface area contributed by atoms with Crippen LogP contribution in [-0.2, 0) is 11.3 Å². The molecule has 0 amide bonds. The molecule has 3 aromatic rings. The van der Waals surface area contributed by atoms with Crippen molar-refractivity contribution in [1.29, 1.82) is 0 Å². The smallest absolute Gasteiger partial charge is 0.475 e. The minimum absolute atomic E-state index is 0.0209. The van der Waals surface area contributed by atoms with Gasteiger partial charge in [-0.3, -0.25) is 9.79 Å². The zero-order valence-electron chi connectivity index (χ0n) is 18.3. The molecular weight excluding hydrogens is 491 g/mol. The van der Waals surface area contributed by atoms with Gasteiger partial charge in [-0.25, -0.2) is 23.7 Å². The molecule has 1 aliphatic rings. The number of aliphatic carboxylic acids is 1. The van der Waals surface area contributed by atoms with Crippen LogP contribution < -0.4 is 16.6 Å². The number of rotatable bonds is 5. The van der Waals surface area contributed by atoms with E-state index in [2.05, 4.69) is 20.9 Å². The molecule has 1 saturated heterocycles. The largest absolute Gasteiger partial charge is 0.490 e. The topological polar surface area (TPSA) is 135 Å². The molecule has 5 N–H and O–H groups in total. The summed E-state index contributed by atoms with van der Waals surface area (Å²) in [5, 5.41) is 11.1. The molecule has 1 fully saturated rings. The Balaban J connectivity index is 0.000000454. The number of alkyl halides is 3. The number of carboxylic acids is 1. The number of hydrogen-bond acceptors (Lipinski definition) is 6. The van der Waals surface area contributed by atoms with Crippen molar-refractivity contribution in [3.05, 3.63) is 77.0 Å². The fraction of sp³-hybridized carbons (Fsp3) is 0.182. The molecular formula is C22H19F5N6O3. The van der Waals surface area contributed by atoms with Gasteiger partial charge in [0.05, 0.1) is 18.3 Å². The summed E-state index contributed by atoms with van der Waals surface area (Å²) in [6.07, 6.45) is -2.98. The minimum Gasteiger partial charge on any atom is -0.475 e. The van der Waals surface area contributed by atoms with Crippen LogP contribution in [0.25, 0.3) is 5.69 Å². The van der Waals surface area contributed by atoms with Gasteiger partial charge in [-0.05, 0) is 23.8 Å². The van der Waals surface area contributed by atoms with Gasteiger partial charge < -0.3 is 16.3 Å². The number of carbonyl (C=O) groups is 2. The summed E-state index contributed by atoms with van der Waals surface area (Å²) >= 11 is 0. The molecule has 1 aliphatic heterocycles. The predicted octanol–water partition coefficient (Wildman–Crippen LogP) is 2.99. The second kappa shape index (κ2) is 10.9. The number of amidine groups is 1. The Labute approximate surface area is 200 Å². The van der Waals surface area contributed by atoms with Gasteiger partial charge in [0.15, 0.2) is 11.6 Å². The van der Waals surface area contributed by atoms with E-state index in [0.29, 0.717) is 12.1 Å². The highest BCUT2D eigenvalue weighted by Gasteiger charge is 2.38. The van der Waals surface area contributed by atoms with Crippen molar-refractivity contribution in [2.45, 2.75) is 19.1 Å². The van der Waals surface area contributed by atoms with Crippen LogP contribution in [0.3, 0.4) is 0 Å². The lowest BCUT2D eigenvalue weighted by atomic mass is 10.0. The van der Waals surface area contributed by atoms with Gasteiger partial charge in [0, 0.05) is 24.6 Å². The van der Waals surface area contributed by atoms with Crippen LogP contribution in [0.5, 0.6) is 0 Å². The number of ketones is 1. The van der Waals surface area contributed by atoms with Crippen molar-refractivity contribution in [1.82, 2.24) is 20.6 Å². The van der Waals surface area contributed by atoms with Crippen LogP contribution in [0.4, 0.5) is 27.8 Å². The summed E-state index contributed by atoms with van der Waals surface area (Å²) in [6, 6.07) is 10.1. The van der Waals surface area contributed by atoms with Crippen molar-refractivity contribution in [2.75, 3.05) is 12.3 Å². The third-order valence-electron chi connectivity index (χ3n) is 4.79. The quantitative estimate of drug-likeness (QED) is 0.306. The Hall–Kier alpha value is -4.33. The van der Waals surface area contributed by atoms with E-state index < -0.39 is 23.8 Å². The monoisotopic (exact) mass is 510 g/mol. The van der Waals surface area contributed by atoms with Gasteiger partial charge in [0.1, 0.15) is 23.2 Å². The summed E-state index contributed by atoms with van der Waals surface area (Å²) in [7, 11) is 0. The predicted molar refractivity (Wildman–Crippen MR) is 118 cm³/mol. The molecule has 0 aliphatic carbocycles. The number of carbonyl (C=O) groups excluding carboxylic acids is 1. The first-order valence-corrected chi connectivity index (χ1v) is 10.2. The van der Waals surface area contributed by atoms with Crippen LogP contribution >= 0.6 is 0 Å². The van der Waals surface area contributed by atoms with E-state index in [0.717, 1.165) is 41.2 Å². The van der Waals surface area contributed by atoms with E-state index in [1.54, 1.807) is 18.2 Å². The fourth-order valence-electron chi connectivity index (χ4n) is 3.06. The number of benzene rings is 2. The van der Waals surface area contributed by atoms with Crippen molar-refractivity contribution in [2.24, 2.45) is 4.99 Å². The van der Waals surface area contributed by atoms with Crippen LogP contribution in [0, 0.1) is 11.6 Å². The number of nitrogen functional groups attached to an aromatic ring is 1. The summed E-state index contributed by atoms with van der Waals surface area (Å²) in [4.78, 5) is 26.3. The summed E-state index contributed by atoms with van der Waals surface area (Å²) in [5.74, 6) is -3.79. The average Bonchev–Trinajstić information content (AvgIpc) is 3.47. The highest BCUT2D eigenvalue weighted by Crippen LogP contribution is 2.23. The molecule has 14 heteroatoms. The van der Waals surface area contributed by atoms with Gasteiger partial charge in [0.2, 0.25) is 0 Å². The number of anilines is 1. The third kappa shape index (κ3) is 6.41. The number of hydrazine groups is 1. The molecule has 1 aromatic heterocycles. The fourth-order valence-corrected chi connectivity index (χ4v) is 3.06. The van der Waals surface area contributed by atoms with Crippen LogP contribution in [0.15, 0.2) is 53.7 Å². The van der Waals surface area contributed by atoms with Crippen LogP contribution in [0.2, 0.25) is 0 Å². The molecule has 36 heavy (non-hydrogen) atoms. The Morgan fingerprint density at radius 2 is 1.89 bits per heavy atom. The number of aromatic nitrogens is 2. The van der Waals surface area contributed by atoms with E-state index in [-0.39, 0.29) is 22.9 Å². The summed E-state index contributed by atoms with van der Waals surface area (Å²) in [5.41, 5.74) is 13.4. The number of nitrogens with two attached hydrogens (primary N) is 1. The molecule has 0 atom stereocenters. The number of nitrogens with zero attached hydrogens (tertiary/aromatic N) is 3. The zero-order chi connectivity index (χ0) is 26.5. The van der Waals surface area contributed by atoms with Gasteiger partial charge in [-0.1, -0.05) is 18.2 Å². The highest BCUT2D eigenvalue weighted by molar-refractivity contribution is 6.11. The first kappa shape index (κ1) is 26.3. The van der Waals surface area contributed by atoms with Crippen molar-refractivity contribution in [3.8, 4) is 5.69 Å². The average molecular weight is 510 g/mol. The molecule has 0 saturated carbocycles. The molecule has 190 valence electrons. The molecule has 0 radical (unpaired) electrons. The first-order chi connectivity index (χ1) is 17.0. The maximum absolute atomic E-state index is 14.1. The number of hydrogen-bond donors (Lipinski definition) is 4. The molecule has 0 bridgehead atoms. The molecule has 2 heterocycles. The molecule has 9 nitrogen and oxygen atoms in total. The van der Waals surface area contributed by atoms with E-state index in [1.165, 1.54) is 12.3 Å². The second-order valence-electron chi connectivity index (χ2n) is 7.35. The Morgan fingerprint density at radius 3 is 2.50 bits per heavy atom. The van der Waals surface area contributed by atoms with Gasteiger partial charge in [-0.2, -0.15) is 18.3 Å². The molecule has 0 unspecified atom stereocenters. The first-order valence-electron chi connectivity index (χ1n) is 10.2. The van der Waals surface area contributed by atoms with Gasteiger partial charge >= 0.3 is 12.1 Å².